The molecular weight excluding hydrogens is 260 g/mol. The summed E-state index contributed by atoms with van der Waals surface area (Å²) < 4.78 is 0. The molecule has 3 nitrogen and oxygen atoms in total. The highest BCUT2D eigenvalue weighted by Crippen LogP contribution is 2.14. The minimum absolute atomic E-state index is 0.296. The average Bonchev–Trinajstić information content (AvgIpc) is 2.45. The second kappa shape index (κ2) is 6.71. The van der Waals surface area contributed by atoms with E-state index in [0.717, 1.165) is 11.1 Å². The first kappa shape index (κ1) is 14.8. The third kappa shape index (κ3) is 3.70. The van der Waals surface area contributed by atoms with Gasteiger partial charge in [-0.3, -0.25) is 0 Å². The van der Waals surface area contributed by atoms with E-state index in [0.29, 0.717) is 12.2 Å². The number of aryl methyl sites for hydroxylation is 3. The van der Waals surface area contributed by atoms with E-state index in [-0.39, 0.29) is 0 Å². The third-order valence-electron chi connectivity index (χ3n) is 3.35. The van der Waals surface area contributed by atoms with Crippen LogP contribution < -0.4 is 0 Å². The fourth-order valence-electron chi connectivity index (χ4n) is 2.35. The van der Waals surface area contributed by atoms with E-state index in [9.17, 15) is 0 Å². The summed E-state index contributed by atoms with van der Waals surface area (Å²) >= 11 is 0. The maximum atomic E-state index is 9.01. The molecule has 0 unspecified atom stereocenters. The number of rotatable bonds is 4. The highest BCUT2D eigenvalue weighted by atomic mass is 16.6. The Morgan fingerprint density at radius 2 is 1.81 bits per heavy atom. The second-order valence-corrected chi connectivity index (χ2v) is 5.09. The van der Waals surface area contributed by atoms with E-state index in [1.54, 1.807) is 12.3 Å². The molecule has 0 aromatic heterocycles. The van der Waals surface area contributed by atoms with Crippen molar-refractivity contribution in [3.8, 4) is 6.07 Å². The molecule has 0 N–H and O–H groups in total. The molecule has 3 heteroatoms. The Balaban J connectivity index is 2.06. The molecule has 0 bridgehead atoms. The molecule has 0 aliphatic carbocycles. The lowest BCUT2D eigenvalue weighted by atomic mass is 10.0. The normalized spacial score (nSPS) is 10.6. The summed E-state index contributed by atoms with van der Waals surface area (Å²) in [6.45, 7) is 6.50. The highest BCUT2D eigenvalue weighted by molar-refractivity contribution is 5.83. The molecule has 0 saturated heterocycles. The van der Waals surface area contributed by atoms with Gasteiger partial charge in [-0.25, -0.2) is 0 Å². The summed E-state index contributed by atoms with van der Waals surface area (Å²) in [5, 5.41) is 13.0. The number of hydrogen-bond acceptors (Lipinski definition) is 3. The molecule has 21 heavy (non-hydrogen) atoms. The number of benzene rings is 2. The molecule has 0 aliphatic rings. The van der Waals surface area contributed by atoms with Crippen molar-refractivity contribution in [1.29, 1.82) is 5.26 Å². The Hall–Kier alpha value is -2.60. The fraction of sp³-hybridized carbons (Fsp3) is 0.222. The Morgan fingerprint density at radius 1 is 1.14 bits per heavy atom. The number of nitriles is 1. The van der Waals surface area contributed by atoms with Crippen molar-refractivity contribution in [2.45, 2.75) is 27.4 Å². The first-order chi connectivity index (χ1) is 10.1. The van der Waals surface area contributed by atoms with Gasteiger partial charge in [0.1, 0.15) is 6.61 Å². The summed E-state index contributed by atoms with van der Waals surface area (Å²) in [7, 11) is 0. The summed E-state index contributed by atoms with van der Waals surface area (Å²) in [4.78, 5) is 5.32. The SMILES string of the molecule is Cc1cc(C)c(/C=N\OCc2ccccc2C#N)c(C)c1. The lowest BCUT2D eigenvalue weighted by Crippen LogP contribution is -1.95. The largest absolute Gasteiger partial charge is 0.391 e. The van der Waals surface area contributed by atoms with E-state index < -0.39 is 0 Å². The van der Waals surface area contributed by atoms with Crippen LogP contribution in [0.1, 0.15) is 33.4 Å². The zero-order valence-corrected chi connectivity index (χ0v) is 12.6. The minimum Gasteiger partial charge on any atom is -0.391 e. The zero-order chi connectivity index (χ0) is 15.2. The van der Waals surface area contributed by atoms with Crippen LogP contribution in [0.5, 0.6) is 0 Å². The number of oxime groups is 1. The van der Waals surface area contributed by atoms with Crippen molar-refractivity contribution >= 4 is 6.21 Å². The summed E-state index contributed by atoms with van der Waals surface area (Å²) in [5.41, 5.74) is 6.14. The maximum Gasteiger partial charge on any atom is 0.143 e. The Bertz CT molecular complexity index is 688. The van der Waals surface area contributed by atoms with Crippen LogP contribution in [0.3, 0.4) is 0 Å². The van der Waals surface area contributed by atoms with E-state index in [4.69, 9.17) is 10.1 Å². The predicted molar refractivity (Wildman–Crippen MR) is 84.2 cm³/mol. The lowest BCUT2D eigenvalue weighted by Gasteiger charge is -2.06. The minimum atomic E-state index is 0.296. The molecule has 2 aromatic carbocycles. The van der Waals surface area contributed by atoms with Crippen molar-refractivity contribution in [3.63, 3.8) is 0 Å². The van der Waals surface area contributed by atoms with Gasteiger partial charge in [0.2, 0.25) is 0 Å². The van der Waals surface area contributed by atoms with Gasteiger partial charge >= 0.3 is 0 Å². The molecule has 2 rings (SSSR count). The van der Waals surface area contributed by atoms with Gasteiger partial charge in [-0.05, 0) is 38.0 Å². The lowest BCUT2D eigenvalue weighted by molar-refractivity contribution is 0.132. The van der Waals surface area contributed by atoms with E-state index in [1.165, 1.54) is 16.7 Å². The van der Waals surface area contributed by atoms with Crippen molar-refractivity contribution in [2.75, 3.05) is 0 Å². The summed E-state index contributed by atoms with van der Waals surface area (Å²) in [6.07, 6.45) is 1.74. The van der Waals surface area contributed by atoms with Gasteiger partial charge in [-0.1, -0.05) is 41.1 Å². The zero-order valence-electron chi connectivity index (χ0n) is 12.6. The van der Waals surface area contributed by atoms with Crippen LogP contribution in [-0.4, -0.2) is 6.21 Å². The first-order valence-electron chi connectivity index (χ1n) is 6.83. The Morgan fingerprint density at radius 3 is 2.48 bits per heavy atom. The van der Waals surface area contributed by atoms with Gasteiger partial charge in [0.25, 0.3) is 0 Å². The highest BCUT2D eigenvalue weighted by Gasteiger charge is 2.02. The van der Waals surface area contributed by atoms with Crippen molar-refractivity contribution in [3.05, 3.63) is 69.8 Å². The van der Waals surface area contributed by atoms with Gasteiger partial charge in [0, 0.05) is 11.1 Å². The molecule has 0 aliphatic heterocycles. The second-order valence-electron chi connectivity index (χ2n) is 5.09. The molecule has 0 radical (unpaired) electrons. The molecule has 2 aromatic rings. The third-order valence-corrected chi connectivity index (χ3v) is 3.35. The molecule has 0 atom stereocenters. The number of nitrogens with zero attached hydrogens (tertiary/aromatic N) is 2. The van der Waals surface area contributed by atoms with Crippen molar-refractivity contribution < 1.29 is 4.84 Å². The van der Waals surface area contributed by atoms with Crippen LogP contribution in [-0.2, 0) is 11.4 Å². The van der Waals surface area contributed by atoms with Crippen LogP contribution in [0, 0.1) is 32.1 Å². The molecule has 0 fully saturated rings. The van der Waals surface area contributed by atoms with Gasteiger partial charge in [-0.15, -0.1) is 0 Å². The van der Waals surface area contributed by atoms with Crippen molar-refractivity contribution in [1.82, 2.24) is 0 Å². The standard InChI is InChI=1S/C18H18N2O/c1-13-8-14(2)18(15(3)9-13)11-20-21-12-17-7-5-4-6-16(17)10-19/h4-9,11H,12H2,1-3H3/b20-11-. The molecule has 0 heterocycles. The first-order valence-corrected chi connectivity index (χ1v) is 6.83. The van der Waals surface area contributed by atoms with E-state index in [1.807, 2.05) is 18.2 Å². The van der Waals surface area contributed by atoms with Crippen LogP contribution >= 0.6 is 0 Å². The smallest absolute Gasteiger partial charge is 0.143 e. The summed E-state index contributed by atoms with van der Waals surface area (Å²) in [5.74, 6) is 0. The Kier molecular flexibility index (Phi) is 4.73. The molecule has 106 valence electrons. The van der Waals surface area contributed by atoms with Gasteiger partial charge in [-0.2, -0.15) is 5.26 Å². The van der Waals surface area contributed by atoms with Gasteiger partial charge in [0.15, 0.2) is 0 Å². The van der Waals surface area contributed by atoms with Gasteiger partial charge in [0.05, 0.1) is 17.8 Å². The van der Waals surface area contributed by atoms with Crippen LogP contribution in [0.4, 0.5) is 0 Å². The fourth-order valence-corrected chi connectivity index (χ4v) is 2.35. The molecule has 0 saturated carbocycles. The predicted octanol–water partition coefficient (Wildman–Crippen LogP) is 4.03. The maximum absolute atomic E-state index is 9.01. The van der Waals surface area contributed by atoms with Crippen LogP contribution in [0.25, 0.3) is 0 Å². The van der Waals surface area contributed by atoms with E-state index >= 15 is 0 Å². The van der Waals surface area contributed by atoms with Crippen LogP contribution in [0.15, 0.2) is 41.6 Å². The molecule has 0 amide bonds. The average molecular weight is 278 g/mol. The molecule has 0 spiro atoms. The number of hydrogen-bond donors (Lipinski definition) is 0. The molecular formula is C18H18N2O. The topological polar surface area (TPSA) is 45.4 Å². The van der Waals surface area contributed by atoms with Crippen LogP contribution in [0.2, 0.25) is 0 Å². The quantitative estimate of drug-likeness (QED) is 0.626. The van der Waals surface area contributed by atoms with Crippen molar-refractivity contribution in [2.24, 2.45) is 5.16 Å². The monoisotopic (exact) mass is 278 g/mol. The van der Waals surface area contributed by atoms with Gasteiger partial charge < -0.3 is 4.84 Å². The Labute approximate surface area is 125 Å². The summed E-state index contributed by atoms with van der Waals surface area (Å²) in [6, 6.07) is 13.8. The van der Waals surface area contributed by atoms with E-state index in [2.05, 4.69) is 44.1 Å².